The van der Waals surface area contributed by atoms with Crippen molar-refractivity contribution in [3.8, 4) is 5.75 Å². The fraction of sp³-hybridized carbons (Fsp3) is 0.412. The number of carbonyl (C=O) groups is 2. The molecule has 0 atom stereocenters. The van der Waals surface area contributed by atoms with E-state index in [1.165, 1.54) is 0 Å². The van der Waals surface area contributed by atoms with Gasteiger partial charge in [-0.3, -0.25) is 9.59 Å². The average molecular weight is 379 g/mol. The highest BCUT2D eigenvalue weighted by Gasteiger charge is 2.28. The van der Waals surface area contributed by atoms with Crippen molar-refractivity contribution < 1.29 is 36.3 Å². The summed E-state index contributed by atoms with van der Waals surface area (Å²) in [5.41, 5.74) is 0.390. The first kappa shape index (κ1) is 21.6. The zero-order valence-electron chi connectivity index (χ0n) is 14.1. The predicted molar refractivity (Wildman–Crippen MR) is 82.8 cm³/mol. The van der Waals surface area contributed by atoms with Gasteiger partial charge in [0, 0.05) is 18.5 Å². The molecular weight excluding hydrogens is 361 g/mol. The van der Waals surface area contributed by atoms with Crippen molar-refractivity contribution in [3.63, 3.8) is 0 Å². The third kappa shape index (κ3) is 5.82. The number of carbonyl (C=O) groups excluding carboxylic acids is 2. The number of hydrogen-bond donors (Lipinski definition) is 1. The molecule has 26 heavy (non-hydrogen) atoms. The van der Waals surface area contributed by atoms with Crippen LogP contribution in [0.1, 0.15) is 39.0 Å². The van der Waals surface area contributed by atoms with Crippen LogP contribution in [-0.2, 0) is 9.59 Å². The van der Waals surface area contributed by atoms with Crippen LogP contribution in [0.3, 0.4) is 0 Å². The molecule has 0 aromatic heterocycles. The van der Waals surface area contributed by atoms with Gasteiger partial charge in [-0.05, 0) is 19.8 Å². The van der Waals surface area contributed by atoms with E-state index in [-0.39, 0.29) is 12.3 Å². The van der Waals surface area contributed by atoms with Gasteiger partial charge < -0.3 is 10.1 Å². The van der Waals surface area contributed by atoms with Crippen LogP contribution in [0.4, 0.5) is 22.0 Å². The lowest BCUT2D eigenvalue weighted by molar-refractivity contribution is -0.135. The van der Waals surface area contributed by atoms with Gasteiger partial charge in [-0.25, -0.2) is 13.2 Å². The molecule has 1 rings (SSSR count). The van der Waals surface area contributed by atoms with Crippen LogP contribution in [0.5, 0.6) is 5.75 Å². The van der Waals surface area contributed by atoms with Crippen LogP contribution in [0.2, 0.25) is 0 Å². The summed E-state index contributed by atoms with van der Waals surface area (Å²) in [5.74, 6) is -14.0. The molecule has 1 amide bonds. The highest BCUT2D eigenvalue weighted by Crippen LogP contribution is 2.29. The van der Waals surface area contributed by atoms with Crippen LogP contribution in [-0.4, -0.2) is 18.4 Å². The number of rotatable bonds is 9. The first-order valence-electron chi connectivity index (χ1n) is 7.82. The molecule has 9 heteroatoms. The Morgan fingerprint density at radius 3 is 1.92 bits per heavy atom. The smallest absolute Gasteiger partial charge is 0.311 e. The molecule has 1 aromatic carbocycles. The standard InChI is InChI=1S/C17H18F5NO3/c1-9(2)17(25)23-8-6-4-3-5-7-10(24)26-16-14(21)12(19)11(18)13(20)15(16)22/h1,3-8H2,2H3,(H,23,25). The van der Waals surface area contributed by atoms with Crippen LogP contribution >= 0.6 is 0 Å². The lowest BCUT2D eigenvalue weighted by atomic mass is 10.1. The maximum absolute atomic E-state index is 13.4. The summed E-state index contributed by atoms with van der Waals surface area (Å²) in [6, 6.07) is 0. The second-order valence-corrected chi connectivity index (χ2v) is 5.57. The minimum absolute atomic E-state index is 0.252. The Labute approximate surface area is 147 Å². The molecule has 0 aliphatic carbocycles. The van der Waals surface area contributed by atoms with Crippen LogP contribution in [0, 0.1) is 29.1 Å². The molecule has 4 nitrogen and oxygen atoms in total. The summed E-state index contributed by atoms with van der Waals surface area (Å²) in [6.45, 7) is 5.49. The van der Waals surface area contributed by atoms with Gasteiger partial charge in [0.1, 0.15) is 0 Å². The minimum Gasteiger partial charge on any atom is -0.420 e. The fourth-order valence-electron chi connectivity index (χ4n) is 1.94. The molecule has 0 spiro atoms. The topological polar surface area (TPSA) is 55.4 Å². The number of hydrogen-bond acceptors (Lipinski definition) is 3. The highest BCUT2D eigenvalue weighted by molar-refractivity contribution is 5.91. The van der Waals surface area contributed by atoms with Gasteiger partial charge in [-0.2, -0.15) is 8.78 Å². The number of unbranched alkanes of at least 4 members (excludes halogenated alkanes) is 3. The molecule has 0 bridgehead atoms. The molecule has 0 aliphatic heterocycles. The van der Waals surface area contributed by atoms with E-state index in [4.69, 9.17) is 0 Å². The third-order valence-corrected chi connectivity index (χ3v) is 3.37. The second kappa shape index (κ2) is 9.88. The maximum Gasteiger partial charge on any atom is 0.311 e. The third-order valence-electron chi connectivity index (χ3n) is 3.37. The van der Waals surface area contributed by atoms with Gasteiger partial charge in [0.25, 0.3) is 0 Å². The fourth-order valence-corrected chi connectivity index (χ4v) is 1.94. The van der Waals surface area contributed by atoms with Crippen LogP contribution in [0.15, 0.2) is 12.2 Å². The number of ether oxygens (including phenoxy) is 1. The molecule has 144 valence electrons. The summed E-state index contributed by atoms with van der Waals surface area (Å²) in [5, 5.41) is 2.63. The Morgan fingerprint density at radius 1 is 0.885 bits per heavy atom. The number of esters is 1. The molecule has 1 aromatic rings. The Hall–Kier alpha value is -2.45. The Balaban J connectivity index is 2.38. The van der Waals surface area contributed by atoms with Crippen molar-refractivity contribution in [1.29, 1.82) is 0 Å². The molecule has 0 unspecified atom stereocenters. The number of amides is 1. The van der Waals surface area contributed by atoms with E-state index in [2.05, 4.69) is 16.6 Å². The summed E-state index contributed by atoms with van der Waals surface area (Å²) < 4.78 is 69.9. The minimum atomic E-state index is -2.32. The SMILES string of the molecule is C=C(C)C(=O)NCCCCCCC(=O)Oc1c(F)c(F)c(F)c(F)c1F. The first-order valence-corrected chi connectivity index (χ1v) is 7.82. The Morgan fingerprint density at radius 2 is 1.38 bits per heavy atom. The molecule has 0 radical (unpaired) electrons. The molecule has 0 saturated carbocycles. The first-order chi connectivity index (χ1) is 12.2. The lowest BCUT2D eigenvalue weighted by Gasteiger charge is -2.09. The van der Waals surface area contributed by atoms with Gasteiger partial charge in [0.15, 0.2) is 0 Å². The average Bonchev–Trinajstić information content (AvgIpc) is 2.60. The van der Waals surface area contributed by atoms with Crippen molar-refractivity contribution in [2.45, 2.75) is 39.0 Å². The summed E-state index contributed by atoms with van der Waals surface area (Å²) in [7, 11) is 0. The van der Waals surface area contributed by atoms with E-state index in [0.717, 1.165) is 0 Å². The van der Waals surface area contributed by atoms with E-state index >= 15 is 0 Å². The van der Waals surface area contributed by atoms with Crippen molar-refractivity contribution in [3.05, 3.63) is 41.2 Å². The molecule has 0 fully saturated rings. The van der Waals surface area contributed by atoms with Crippen molar-refractivity contribution in [2.24, 2.45) is 0 Å². The Kier molecular flexibility index (Phi) is 8.21. The van der Waals surface area contributed by atoms with Gasteiger partial charge in [0.05, 0.1) is 0 Å². The van der Waals surface area contributed by atoms with E-state index in [9.17, 15) is 31.5 Å². The summed E-state index contributed by atoms with van der Waals surface area (Å²) in [6.07, 6.45) is 1.90. The molecule has 1 N–H and O–H groups in total. The van der Waals surface area contributed by atoms with Gasteiger partial charge in [-0.15, -0.1) is 0 Å². The van der Waals surface area contributed by atoms with Gasteiger partial charge >= 0.3 is 5.97 Å². The van der Waals surface area contributed by atoms with E-state index in [0.29, 0.717) is 37.8 Å². The zero-order valence-corrected chi connectivity index (χ0v) is 14.1. The van der Waals surface area contributed by atoms with Gasteiger partial charge in [-0.1, -0.05) is 19.4 Å². The Bertz CT molecular complexity index is 677. The zero-order chi connectivity index (χ0) is 19.9. The van der Waals surface area contributed by atoms with E-state index < -0.39 is 40.8 Å². The second-order valence-electron chi connectivity index (χ2n) is 5.57. The van der Waals surface area contributed by atoms with E-state index in [1.807, 2.05) is 0 Å². The maximum atomic E-state index is 13.4. The summed E-state index contributed by atoms with van der Waals surface area (Å²) in [4.78, 5) is 22.7. The molecule has 0 heterocycles. The number of benzene rings is 1. The van der Waals surface area contributed by atoms with Crippen molar-refractivity contribution in [1.82, 2.24) is 5.32 Å². The quantitative estimate of drug-likeness (QED) is 0.135. The molecule has 0 saturated heterocycles. The van der Waals surface area contributed by atoms with Crippen molar-refractivity contribution in [2.75, 3.05) is 6.54 Å². The van der Waals surface area contributed by atoms with Crippen molar-refractivity contribution >= 4 is 11.9 Å². The van der Waals surface area contributed by atoms with E-state index in [1.54, 1.807) is 6.92 Å². The monoisotopic (exact) mass is 379 g/mol. The van der Waals surface area contributed by atoms with Gasteiger partial charge in [0.2, 0.25) is 40.7 Å². The van der Waals surface area contributed by atoms with Crippen LogP contribution < -0.4 is 10.1 Å². The lowest BCUT2D eigenvalue weighted by Crippen LogP contribution is -2.24. The predicted octanol–water partition coefficient (Wildman–Crippen LogP) is 3.93. The molecular formula is C17H18F5NO3. The highest BCUT2D eigenvalue weighted by atomic mass is 19.2. The van der Waals surface area contributed by atoms with Crippen LogP contribution in [0.25, 0.3) is 0 Å². The summed E-state index contributed by atoms with van der Waals surface area (Å²) >= 11 is 0. The molecule has 0 aliphatic rings. The normalized spacial score (nSPS) is 10.5. The largest absolute Gasteiger partial charge is 0.420 e. The number of halogens is 5. The number of nitrogens with one attached hydrogen (secondary N) is 1.